The van der Waals surface area contributed by atoms with Gasteiger partial charge in [0.1, 0.15) is 0 Å². The van der Waals surface area contributed by atoms with E-state index in [1.54, 1.807) is 12.4 Å². The van der Waals surface area contributed by atoms with Crippen LogP contribution in [0.5, 0.6) is 0 Å². The summed E-state index contributed by atoms with van der Waals surface area (Å²) in [5.41, 5.74) is 0. The van der Waals surface area contributed by atoms with E-state index in [0.717, 1.165) is 45.0 Å². The highest BCUT2D eigenvalue weighted by molar-refractivity contribution is 5.77. The van der Waals surface area contributed by atoms with Gasteiger partial charge in [0.25, 0.3) is 5.91 Å². The molecule has 0 unspecified atom stereocenters. The zero-order valence-electron chi connectivity index (χ0n) is 12.4. The number of nitrogens with zero attached hydrogens (tertiary/aromatic N) is 3. The van der Waals surface area contributed by atoms with Crippen LogP contribution in [0.15, 0.2) is 18.5 Å². The fourth-order valence-electron chi connectivity index (χ4n) is 3.23. The van der Waals surface area contributed by atoms with Crippen LogP contribution in [0.2, 0.25) is 0 Å². The molecule has 0 bridgehead atoms. The van der Waals surface area contributed by atoms with Crippen LogP contribution in [0.1, 0.15) is 25.7 Å². The number of nitrogens with one attached hydrogen (secondary N) is 2. The Morgan fingerprint density at radius 1 is 1.24 bits per heavy atom. The monoisotopic (exact) mass is 290 g/mol. The number of amides is 1. The number of quaternary nitrogens is 1. The fourth-order valence-corrected chi connectivity index (χ4v) is 3.23. The van der Waals surface area contributed by atoms with Crippen LogP contribution >= 0.6 is 0 Å². The van der Waals surface area contributed by atoms with Crippen molar-refractivity contribution in [3.05, 3.63) is 18.5 Å². The molecule has 21 heavy (non-hydrogen) atoms. The Hall–Kier alpha value is -1.69. The molecule has 1 saturated heterocycles. The van der Waals surface area contributed by atoms with Crippen molar-refractivity contribution < 1.29 is 9.69 Å². The lowest BCUT2D eigenvalue weighted by molar-refractivity contribution is -0.892. The summed E-state index contributed by atoms with van der Waals surface area (Å²) in [6, 6.07) is 2.26. The van der Waals surface area contributed by atoms with Gasteiger partial charge < -0.3 is 15.1 Å². The average molecular weight is 290 g/mol. The summed E-state index contributed by atoms with van der Waals surface area (Å²) in [5.74, 6) is 1.01. The Morgan fingerprint density at radius 2 is 1.90 bits per heavy atom. The number of carbonyl (C=O) groups excluding carboxylic acids is 1. The highest BCUT2D eigenvalue weighted by Crippen LogP contribution is 2.17. The Morgan fingerprint density at radius 3 is 2.57 bits per heavy atom. The first-order chi connectivity index (χ1) is 10.3. The van der Waals surface area contributed by atoms with Gasteiger partial charge in [-0.25, -0.2) is 9.97 Å². The third-order valence-electron chi connectivity index (χ3n) is 4.44. The Kier molecular flexibility index (Phi) is 4.65. The van der Waals surface area contributed by atoms with Gasteiger partial charge in [-0.1, -0.05) is 12.8 Å². The van der Waals surface area contributed by atoms with Crippen LogP contribution in [0, 0.1) is 0 Å². The van der Waals surface area contributed by atoms with E-state index >= 15 is 0 Å². The second-order valence-electron chi connectivity index (χ2n) is 6.01. The number of anilines is 1. The fraction of sp³-hybridized carbons (Fsp3) is 0.667. The molecule has 1 aromatic heterocycles. The van der Waals surface area contributed by atoms with Gasteiger partial charge in [-0.05, 0) is 18.9 Å². The summed E-state index contributed by atoms with van der Waals surface area (Å²) in [6.07, 6.45) is 8.37. The lowest BCUT2D eigenvalue weighted by Gasteiger charge is -2.31. The summed E-state index contributed by atoms with van der Waals surface area (Å²) in [7, 11) is 0. The quantitative estimate of drug-likeness (QED) is 0.765. The van der Waals surface area contributed by atoms with Crippen LogP contribution in [0.3, 0.4) is 0 Å². The molecular formula is C15H24N5O+. The topological polar surface area (TPSA) is 62.6 Å². The number of piperazine rings is 1. The number of hydrogen-bond acceptors (Lipinski definition) is 4. The highest BCUT2D eigenvalue weighted by atomic mass is 16.2. The van der Waals surface area contributed by atoms with Gasteiger partial charge in [0.15, 0.2) is 6.54 Å². The molecule has 1 aliphatic carbocycles. The molecule has 0 aromatic carbocycles. The Balaban J connectivity index is 1.42. The van der Waals surface area contributed by atoms with E-state index in [0.29, 0.717) is 12.6 Å². The smallest absolute Gasteiger partial charge is 0.275 e. The molecule has 0 atom stereocenters. The van der Waals surface area contributed by atoms with Crippen molar-refractivity contribution in [3.8, 4) is 0 Å². The van der Waals surface area contributed by atoms with Crippen molar-refractivity contribution in [1.82, 2.24) is 15.3 Å². The maximum Gasteiger partial charge on any atom is 0.275 e. The van der Waals surface area contributed by atoms with Crippen molar-refractivity contribution in [2.45, 2.75) is 31.7 Å². The number of rotatable bonds is 4. The maximum absolute atomic E-state index is 12.0. The number of hydrogen-bond donors (Lipinski definition) is 2. The Labute approximate surface area is 125 Å². The van der Waals surface area contributed by atoms with Crippen molar-refractivity contribution in [2.75, 3.05) is 37.6 Å². The van der Waals surface area contributed by atoms with E-state index in [9.17, 15) is 4.79 Å². The van der Waals surface area contributed by atoms with Gasteiger partial charge in [0, 0.05) is 18.4 Å². The molecule has 2 aliphatic rings. The van der Waals surface area contributed by atoms with Gasteiger partial charge >= 0.3 is 0 Å². The molecule has 114 valence electrons. The summed E-state index contributed by atoms with van der Waals surface area (Å²) < 4.78 is 0. The predicted octanol–water partition coefficient (Wildman–Crippen LogP) is -0.760. The largest absolute Gasteiger partial charge is 0.348 e. The van der Waals surface area contributed by atoms with Gasteiger partial charge in [0.05, 0.1) is 26.2 Å². The zero-order chi connectivity index (χ0) is 14.5. The molecule has 1 amide bonds. The van der Waals surface area contributed by atoms with E-state index in [4.69, 9.17) is 0 Å². The standard InChI is InChI=1S/C15H23N5O/c21-14(18-13-4-1-2-5-13)12-19-8-10-20(11-9-19)15-16-6-3-7-17-15/h3,6-7,13H,1-2,4-5,8-12H2,(H,18,21)/p+1. The molecule has 6 nitrogen and oxygen atoms in total. The normalized spacial score (nSPS) is 20.7. The lowest BCUT2D eigenvalue weighted by Crippen LogP contribution is -3.16. The minimum atomic E-state index is 0.210. The third-order valence-corrected chi connectivity index (χ3v) is 4.44. The molecule has 2 N–H and O–H groups in total. The maximum atomic E-state index is 12.0. The van der Waals surface area contributed by atoms with Crippen molar-refractivity contribution in [3.63, 3.8) is 0 Å². The molecule has 6 heteroatoms. The lowest BCUT2D eigenvalue weighted by atomic mass is 10.2. The molecule has 1 aromatic rings. The number of aromatic nitrogens is 2. The number of carbonyl (C=O) groups is 1. The zero-order valence-corrected chi connectivity index (χ0v) is 12.4. The molecule has 2 fully saturated rings. The predicted molar refractivity (Wildman–Crippen MR) is 80.2 cm³/mol. The second-order valence-corrected chi connectivity index (χ2v) is 6.01. The van der Waals surface area contributed by atoms with Gasteiger partial charge in [-0.15, -0.1) is 0 Å². The first-order valence-electron chi connectivity index (χ1n) is 7.96. The summed E-state index contributed by atoms with van der Waals surface area (Å²) in [5, 5.41) is 3.17. The molecule has 0 radical (unpaired) electrons. The third kappa shape index (κ3) is 3.91. The minimum Gasteiger partial charge on any atom is -0.348 e. The summed E-state index contributed by atoms with van der Waals surface area (Å²) in [6.45, 7) is 4.36. The van der Waals surface area contributed by atoms with Gasteiger partial charge in [0.2, 0.25) is 5.95 Å². The van der Waals surface area contributed by atoms with Crippen LogP contribution in [-0.4, -0.2) is 54.6 Å². The van der Waals surface area contributed by atoms with Crippen molar-refractivity contribution in [2.24, 2.45) is 0 Å². The molecule has 2 heterocycles. The molecule has 1 saturated carbocycles. The first-order valence-corrected chi connectivity index (χ1v) is 7.96. The second kappa shape index (κ2) is 6.85. The minimum absolute atomic E-state index is 0.210. The SMILES string of the molecule is O=C(C[NH+]1CCN(c2ncccn2)CC1)NC1CCCC1. The van der Waals surface area contributed by atoms with Crippen LogP contribution in [0.4, 0.5) is 5.95 Å². The highest BCUT2D eigenvalue weighted by Gasteiger charge is 2.25. The van der Waals surface area contributed by atoms with E-state index in [-0.39, 0.29) is 5.91 Å². The van der Waals surface area contributed by atoms with Crippen LogP contribution < -0.4 is 15.1 Å². The average Bonchev–Trinajstić information content (AvgIpc) is 3.02. The van der Waals surface area contributed by atoms with Crippen LogP contribution in [-0.2, 0) is 4.79 Å². The Bertz CT molecular complexity index is 452. The van der Waals surface area contributed by atoms with E-state index < -0.39 is 0 Å². The molecule has 1 aliphatic heterocycles. The van der Waals surface area contributed by atoms with Crippen molar-refractivity contribution in [1.29, 1.82) is 0 Å². The van der Waals surface area contributed by atoms with Crippen molar-refractivity contribution >= 4 is 11.9 Å². The summed E-state index contributed by atoms with van der Waals surface area (Å²) in [4.78, 5) is 24.2. The molecule has 3 rings (SSSR count). The van der Waals surface area contributed by atoms with E-state index in [2.05, 4.69) is 20.2 Å². The first kappa shape index (κ1) is 14.3. The molecule has 0 spiro atoms. The van der Waals surface area contributed by atoms with E-state index in [1.807, 2.05) is 6.07 Å². The molecular weight excluding hydrogens is 266 g/mol. The van der Waals surface area contributed by atoms with Crippen LogP contribution in [0.25, 0.3) is 0 Å². The van der Waals surface area contributed by atoms with Gasteiger partial charge in [-0.3, -0.25) is 4.79 Å². The van der Waals surface area contributed by atoms with E-state index in [1.165, 1.54) is 17.7 Å². The summed E-state index contributed by atoms with van der Waals surface area (Å²) >= 11 is 0. The van der Waals surface area contributed by atoms with Gasteiger partial charge in [-0.2, -0.15) is 0 Å².